The first kappa shape index (κ1) is 23.0. The van der Waals surface area contributed by atoms with E-state index in [1.165, 1.54) is 36.5 Å². The van der Waals surface area contributed by atoms with Gasteiger partial charge in [0, 0.05) is 51.9 Å². The number of rotatable bonds is 7. The van der Waals surface area contributed by atoms with Crippen molar-refractivity contribution in [3.05, 3.63) is 29.8 Å². The van der Waals surface area contributed by atoms with E-state index in [9.17, 15) is 8.42 Å². The summed E-state index contributed by atoms with van der Waals surface area (Å²) in [6, 6.07) is 8.20. The molecule has 2 aliphatic rings. The van der Waals surface area contributed by atoms with Crippen LogP contribution >= 0.6 is 0 Å². The Balaban J connectivity index is 1.50. The molecule has 7 nitrogen and oxygen atoms in total. The third-order valence-corrected chi connectivity index (χ3v) is 8.46. The number of hydrogen-bond acceptors (Lipinski definition) is 4. The van der Waals surface area contributed by atoms with Crippen LogP contribution in [0.25, 0.3) is 0 Å². The Morgan fingerprint density at radius 2 is 1.87 bits per heavy atom. The highest BCUT2D eigenvalue weighted by Gasteiger charge is 2.30. The molecular formula is C22H37N5O2S. The van der Waals surface area contributed by atoms with Crippen LogP contribution in [0.15, 0.2) is 34.2 Å². The summed E-state index contributed by atoms with van der Waals surface area (Å²) in [5.41, 5.74) is 1.02. The molecule has 3 rings (SSSR count). The summed E-state index contributed by atoms with van der Waals surface area (Å²) in [6.45, 7) is 6.58. The smallest absolute Gasteiger partial charge is 0.243 e. The molecule has 168 valence electrons. The first-order valence-electron chi connectivity index (χ1n) is 11.1. The minimum atomic E-state index is -3.45. The van der Waals surface area contributed by atoms with E-state index in [-0.39, 0.29) is 6.04 Å². The summed E-state index contributed by atoms with van der Waals surface area (Å²) in [4.78, 5) is 7.31. The van der Waals surface area contributed by atoms with Gasteiger partial charge in [-0.3, -0.25) is 9.89 Å². The van der Waals surface area contributed by atoms with Gasteiger partial charge in [0.1, 0.15) is 0 Å². The van der Waals surface area contributed by atoms with Crippen molar-refractivity contribution in [2.75, 3.05) is 27.2 Å². The molecule has 8 heteroatoms. The number of sulfonamides is 1. The SMILES string of the molecule is CN=C(NCc1ccc(S(=O)(=O)N(C)C(C)C)cc1)NC1CCN(C2CCCC2)C1. The molecule has 1 aromatic rings. The van der Waals surface area contributed by atoms with E-state index < -0.39 is 10.0 Å². The second-order valence-electron chi connectivity index (χ2n) is 8.75. The van der Waals surface area contributed by atoms with Crippen LogP contribution in [-0.2, 0) is 16.6 Å². The van der Waals surface area contributed by atoms with Crippen LogP contribution in [0.2, 0.25) is 0 Å². The van der Waals surface area contributed by atoms with Crippen molar-refractivity contribution in [3.8, 4) is 0 Å². The summed E-state index contributed by atoms with van der Waals surface area (Å²) in [5, 5.41) is 6.90. The van der Waals surface area contributed by atoms with Crippen LogP contribution in [0.4, 0.5) is 0 Å². The molecule has 2 fully saturated rings. The van der Waals surface area contributed by atoms with Gasteiger partial charge in [0.15, 0.2) is 5.96 Å². The second-order valence-corrected chi connectivity index (χ2v) is 10.7. The summed E-state index contributed by atoms with van der Waals surface area (Å²) in [7, 11) is -0.0457. The van der Waals surface area contributed by atoms with E-state index in [4.69, 9.17) is 0 Å². The molecule has 1 aliphatic carbocycles. The molecular weight excluding hydrogens is 398 g/mol. The molecule has 0 aromatic heterocycles. The molecule has 30 heavy (non-hydrogen) atoms. The predicted molar refractivity (Wildman–Crippen MR) is 122 cm³/mol. The molecule has 1 atom stereocenters. The summed E-state index contributed by atoms with van der Waals surface area (Å²) in [6.07, 6.45) is 6.58. The molecule has 1 aromatic carbocycles. The summed E-state index contributed by atoms with van der Waals surface area (Å²) >= 11 is 0. The van der Waals surface area contributed by atoms with Crippen molar-refractivity contribution in [1.82, 2.24) is 19.8 Å². The highest BCUT2D eigenvalue weighted by molar-refractivity contribution is 7.89. The topological polar surface area (TPSA) is 77.0 Å². The number of aliphatic imine (C=N–C) groups is 1. The lowest BCUT2D eigenvalue weighted by molar-refractivity contribution is 0.242. The van der Waals surface area contributed by atoms with Gasteiger partial charge < -0.3 is 10.6 Å². The molecule has 1 saturated heterocycles. The highest BCUT2D eigenvalue weighted by atomic mass is 32.2. The summed E-state index contributed by atoms with van der Waals surface area (Å²) < 4.78 is 26.6. The minimum Gasteiger partial charge on any atom is -0.352 e. The molecule has 1 aliphatic heterocycles. The van der Waals surface area contributed by atoms with Gasteiger partial charge >= 0.3 is 0 Å². The van der Waals surface area contributed by atoms with Crippen LogP contribution in [0, 0.1) is 0 Å². The fourth-order valence-electron chi connectivity index (χ4n) is 4.30. The van der Waals surface area contributed by atoms with Crippen LogP contribution < -0.4 is 10.6 Å². The van der Waals surface area contributed by atoms with Crippen LogP contribution in [0.5, 0.6) is 0 Å². The van der Waals surface area contributed by atoms with E-state index in [2.05, 4.69) is 20.5 Å². The Bertz CT molecular complexity index is 816. The Morgan fingerprint density at radius 3 is 2.47 bits per heavy atom. The van der Waals surface area contributed by atoms with E-state index >= 15 is 0 Å². The van der Waals surface area contributed by atoms with Crippen molar-refractivity contribution in [1.29, 1.82) is 0 Å². The number of hydrogen-bond donors (Lipinski definition) is 2. The largest absolute Gasteiger partial charge is 0.352 e. The van der Waals surface area contributed by atoms with Gasteiger partial charge in [-0.1, -0.05) is 25.0 Å². The molecule has 1 saturated carbocycles. The molecule has 0 bridgehead atoms. The molecule has 0 radical (unpaired) electrons. The summed E-state index contributed by atoms with van der Waals surface area (Å²) in [5.74, 6) is 0.796. The lowest BCUT2D eigenvalue weighted by Crippen LogP contribution is -2.45. The van der Waals surface area contributed by atoms with Gasteiger partial charge in [0.2, 0.25) is 10.0 Å². The zero-order valence-corrected chi connectivity index (χ0v) is 19.6. The Morgan fingerprint density at radius 1 is 1.20 bits per heavy atom. The van der Waals surface area contributed by atoms with Crippen molar-refractivity contribution in [2.24, 2.45) is 4.99 Å². The monoisotopic (exact) mass is 435 g/mol. The fourth-order valence-corrected chi connectivity index (χ4v) is 5.67. The number of likely N-dealkylation sites (tertiary alicyclic amines) is 1. The highest BCUT2D eigenvalue weighted by Crippen LogP contribution is 2.26. The molecule has 0 amide bonds. The maximum Gasteiger partial charge on any atom is 0.243 e. The molecule has 1 heterocycles. The lowest BCUT2D eigenvalue weighted by Gasteiger charge is -2.24. The van der Waals surface area contributed by atoms with Gasteiger partial charge in [-0.05, 0) is 50.8 Å². The van der Waals surface area contributed by atoms with E-state index in [0.717, 1.165) is 30.5 Å². The standard InChI is InChI=1S/C22H37N5O2S/c1-17(2)26(4)30(28,29)21-11-9-18(10-12-21)15-24-22(23-3)25-19-13-14-27(16-19)20-7-5-6-8-20/h9-12,17,19-20H,5-8,13-16H2,1-4H3,(H2,23,24,25). The minimum absolute atomic E-state index is 0.0779. The van der Waals surface area contributed by atoms with Gasteiger partial charge in [-0.15, -0.1) is 0 Å². The zero-order valence-electron chi connectivity index (χ0n) is 18.8. The molecule has 2 N–H and O–H groups in total. The normalized spacial score (nSPS) is 21.7. The van der Waals surface area contributed by atoms with Crippen LogP contribution in [0.1, 0.15) is 51.5 Å². The van der Waals surface area contributed by atoms with Crippen molar-refractivity contribution in [3.63, 3.8) is 0 Å². The Labute approximate surface area is 182 Å². The van der Waals surface area contributed by atoms with Gasteiger partial charge in [-0.2, -0.15) is 4.31 Å². The maximum absolute atomic E-state index is 12.6. The lowest BCUT2D eigenvalue weighted by atomic mass is 10.2. The number of guanidine groups is 1. The van der Waals surface area contributed by atoms with Crippen LogP contribution in [-0.4, -0.2) is 68.9 Å². The maximum atomic E-state index is 12.6. The van der Waals surface area contributed by atoms with Crippen molar-refractivity contribution in [2.45, 2.75) is 75.5 Å². The van der Waals surface area contributed by atoms with Gasteiger partial charge in [0.05, 0.1) is 4.90 Å². The first-order valence-corrected chi connectivity index (χ1v) is 12.5. The second kappa shape index (κ2) is 10.1. The molecule has 0 spiro atoms. The van der Waals surface area contributed by atoms with Gasteiger partial charge in [0.25, 0.3) is 0 Å². The Hall–Kier alpha value is -1.64. The van der Waals surface area contributed by atoms with E-state index in [0.29, 0.717) is 17.5 Å². The molecule has 1 unspecified atom stereocenters. The number of benzene rings is 1. The number of nitrogens with one attached hydrogen (secondary N) is 2. The van der Waals surface area contributed by atoms with Crippen LogP contribution in [0.3, 0.4) is 0 Å². The van der Waals surface area contributed by atoms with Crippen molar-refractivity contribution < 1.29 is 8.42 Å². The van der Waals surface area contributed by atoms with Gasteiger partial charge in [-0.25, -0.2) is 8.42 Å². The average molecular weight is 436 g/mol. The third-order valence-electron chi connectivity index (χ3n) is 6.41. The predicted octanol–water partition coefficient (Wildman–Crippen LogP) is 2.40. The van der Waals surface area contributed by atoms with E-state index in [1.54, 1.807) is 26.2 Å². The first-order chi connectivity index (χ1) is 14.3. The fraction of sp³-hybridized carbons (Fsp3) is 0.682. The van der Waals surface area contributed by atoms with Crippen molar-refractivity contribution >= 4 is 16.0 Å². The van der Waals surface area contributed by atoms with E-state index in [1.807, 2.05) is 26.0 Å². The quantitative estimate of drug-likeness (QED) is 0.508. The number of nitrogens with zero attached hydrogens (tertiary/aromatic N) is 3. The Kier molecular flexibility index (Phi) is 7.76. The third kappa shape index (κ3) is 5.53. The average Bonchev–Trinajstić information content (AvgIpc) is 3.42. The zero-order chi connectivity index (χ0) is 21.7.